The number of aliphatic carboxylic acids is 1. The number of aryl methyl sites for hydroxylation is 1. The van der Waals surface area contributed by atoms with Crippen molar-refractivity contribution in [2.75, 3.05) is 6.61 Å². The predicted octanol–water partition coefficient (Wildman–Crippen LogP) is -0.247. The third-order valence-corrected chi connectivity index (χ3v) is 1.88. The van der Waals surface area contributed by atoms with Gasteiger partial charge in [0.25, 0.3) is 5.91 Å². The van der Waals surface area contributed by atoms with Gasteiger partial charge in [-0.15, -0.1) is 0 Å². The third kappa shape index (κ3) is 4.45. The van der Waals surface area contributed by atoms with E-state index >= 15 is 0 Å². The predicted molar refractivity (Wildman–Crippen MR) is 57.5 cm³/mol. The molecule has 7 heteroatoms. The molecule has 1 aromatic rings. The SMILES string of the molecule is Cc1cc(OCC(=O)N[C@@H](C)C(=O)O)ncn1. The minimum Gasteiger partial charge on any atom is -0.480 e. The van der Waals surface area contributed by atoms with Crippen LogP contribution < -0.4 is 10.1 Å². The van der Waals surface area contributed by atoms with Crippen LogP contribution in [-0.4, -0.2) is 39.6 Å². The lowest BCUT2D eigenvalue weighted by molar-refractivity contribution is -0.141. The van der Waals surface area contributed by atoms with Gasteiger partial charge in [0.05, 0.1) is 0 Å². The van der Waals surface area contributed by atoms with E-state index in [1.54, 1.807) is 13.0 Å². The van der Waals surface area contributed by atoms with E-state index < -0.39 is 17.9 Å². The number of ether oxygens (including phenoxy) is 1. The van der Waals surface area contributed by atoms with Crippen molar-refractivity contribution in [1.82, 2.24) is 15.3 Å². The Hall–Kier alpha value is -2.18. The molecule has 1 aromatic heterocycles. The summed E-state index contributed by atoms with van der Waals surface area (Å²) in [5.41, 5.74) is 0.717. The number of rotatable bonds is 5. The number of carboxylic acid groups (broad SMARTS) is 1. The lowest BCUT2D eigenvalue weighted by Crippen LogP contribution is -2.40. The molecule has 1 amide bonds. The number of carboxylic acids is 1. The number of nitrogens with zero attached hydrogens (tertiary/aromatic N) is 2. The molecule has 0 spiro atoms. The molecule has 0 unspecified atom stereocenters. The van der Waals surface area contributed by atoms with Crippen LogP contribution in [0.4, 0.5) is 0 Å². The molecule has 0 aromatic carbocycles. The van der Waals surface area contributed by atoms with Crippen molar-refractivity contribution in [2.24, 2.45) is 0 Å². The number of hydrogen-bond acceptors (Lipinski definition) is 5. The fourth-order valence-corrected chi connectivity index (χ4v) is 0.993. The molecular formula is C10H13N3O4. The maximum atomic E-state index is 11.3. The van der Waals surface area contributed by atoms with Gasteiger partial charge in [0, 0.05) is 11.8 Å². The lowest BCUT2D eigenvalue weighted by Gasteiger charge is -2.09. The van der Waals surface area contributed by atoms with Gasteiger partial charge in [-0.2, -0.15) is 0 Å². The normalized spacial score (nSPS) is 11.6. The number of amides is 1. The summed E-state index contributed by atoms with van der Waals surface area (Å²) >= 11 is 0. The number of carbonyl (C=O) groups is 2. The molecule has 92 valence electrons. The minimum absolute atomic E-state index is 0.274. The second-order valence-electron chi connectivity index (χ2n) is 3.41. The summed E-state index contributed by atoms with van der Waals surface area (Å²) in [5, 5.41) is 10.8. The van der Waals surface area contributed by atoms with Gasteiger partial charge < -0.3 is 15.2 Å². The largest absolute Gasteiger partial charge is 0.480 e. The monoisotopic (exact) mass is 239 g/mol. The van der Waals surface area contributed by atoms with Crippen LogP contribution in [0.3, 0.4) is 0 Å². The van der Waals surface area contributed by atoms with E-state index in [9.17, 15) is 9.59 Å². The molecule has 17 heavy (non-hydrogen) atoms. The smallest absolute Gasteiger partial charge is 0.325 e. The highest BCUT2D eigenvalue weighted by Crippen LogP contribution is 2.04. The molecule has 7 nitrogen and oxygen atoms in total. The summed E-state index contributed by atoms with van der Waals surface area (Å²) in [7, 11) is 0. The molecule has 1 rings (SSSR count). The summed E-state index contributed by atoms with van der Waals surface area (Å²) in [5.74, 6) is -1.34. The van der Waals surface area contributed by atoms with Crippen LogP contribution in [0, 0.1) is 6.92 Å². The van der Waals surface area contributed by atoms with Crippen molar-refractivity contribution in [3.8, 4) is 5.88 Å². The highest BCUT2D eigenvalue weighted by Gasteiger charge is 2.14. The molecule has 0 fully saturated rings. The molecular weight excluding hydrogens is 226 g/mol. The van der Waals surface area contributed by atoms with E-state index in [0.717, 1.165) is 0 Å². The standard InChI is InChI=1S/C10H13N3O4/c1-6-3-9(12-5-11-6)17-4-8(14)13-7(2)10(15)16/h3,5,7H,4H2,1-2H3,(H,13,14)(H,15,16)/t7-/m0/s1. The summed E-state index contributed by atoms with van der Waals surface area (Å²) in [6.07, 6.45) is 1.32. The van der Waals surface area contributed by atoms with E-state index in [2.05, 4.69) is 15.3 Å². The molecule has 0 saturated heterocycles. The Kier molecular flexibility index (Phi) is 4.38. The molecule has 0 aliphatic heterocycles. The fourth-order valence-electron chi connectivity index (χ4n) is 0.993. The maximum Gasteiger partial charge on any atom is 0.325 e. The highest BCUT2D eigenvalue weighted by molar-refractivity contribution is 5.84. The van der Waals surface area contributed by atoms with Crippen LogP contribution in [0.25, 0.3) is 0 Å². The van der Waals surface area contributed by atoms with Gasteiger partial charge in [-0.3, -0.25) is 9.59 Å². The Morgan fingerprint density at radius 1 is 1.53 bits per heavy atom. The second-order valence-corrected chi connectivity index (χ2v) is 3.41. The zero-order chi connectivity index (χ0) is 12.8. The lowest BCUT2D eigenvalue weighted by atomic mass is 10.3. The van der Waals surface area contributed by atoms with Crippen LogP contribution in [0.1, 0.15) is 12.6 Å². The molecule has 0 radical (unpaired) electrons. The van der Waals surface area contributed by atoms with Gasteiger partial charge in [0.1, 0.15) is 12.4 Å². The Balaban J connectivity index is 2.41. The first-order valence-corrected chi connectivity index (χ1v) is 4.92. The Morgan fingerprint density at radius 2 is 2.24 bits per heavy atom. The average Bonchev–Trinajstić information content (AvgIpc) is 2.26. The van der Waals surface area contributed by atoms with Crippen LogP contribution in [0.2, 0.25) is 0 Å². The molecule has 1 heterocycles. The molecule has 1 atom stereocenters. The van der Waals surface area contributed by atoms with E-state index in [1.165, 1.54) is 13.3 Å². The molecule has 0 aliphatic carbocycles. The zero-order valence-electron chi connectivity index (χ0n) is 9.51. The summed E-state index contributed by atoms with van der Waals surface area (Å²) in [6, 6.07) is 0.631. The Morgan fingerprint density at radius 3 is 2.82 bits per heavy atom. The first kappa shape index (κ1) is 12.9. The van der Waals surface area contributed by atoms with Crippen LogP contribution in [-0.2, 0) is 9.59 Å². The molecule has 2 N–H and O–H groups in total. The van der Waals surface area contributed by atoms with Crippen molar-refractivity contribution < 1.29 is 19.4 Å². The zero-order valence-corrected chi connectivity index (χ0v) is 9.51. The quantitative estimate of drug-likeness (QED) is 0.734. The minimum atomic E-state index is -1.10. The molecule has 0 saturated carbocycles. The van der Waals surface area contributed by atoms with Gasteiger partial charge >= 0.3 is 5.97 Å². The van der Waals surface area contributed by atoms with Crippen molar-refractivity contribution in [1.29, 1.82) is 0 Å². The van der Waals surface area contributed by atoms with Gasteiger partial charge in [-0.1, -0.05) is 0 Å². The first-order valence-electron chi connectivity index (χ1n) is 4.92. The Labute approximate surface area is 97.8 Å². The van der Waals surface area contributed by atoms with E-state index in [0.29, 0.717) is 5.69 Å². The topological polar surface area (TPSA) is 101 Å². The summed E-state index contributed by atoms with van der Waals surface area (Å²) < 4.78 is 5.07. The second kappa shape index (κ2) is 5.78. The van der Waals surface area contributed by atoms with E-state index in [1.807, 2.05) is 0 Å². The van der Waals surface area contributed by atoms with Crippen LogP contribution in [0.5, 0.6) is 5.88 Å². The van der Waals surface area contributed by atoms with E-state index in [4.69, 9.17) is 9.84 Å². The van der Waals surface area contributed by atoms with E-state index in [-0.39, 0.29) is 12.5 Å². The fraction of sp³-hybridized carbons (Fsp3) is 0.400. The van der Waals surface area contributed by atoms with Gasteiger partial charge in [0.2, 0.25) is 5.88 Å². The number of nitrogens with one attached hydrogen (secondary N) is 1. The van der Waals surface area contributed by atoms with Crippen LogP contribution >= 0.6 is 0 Å². The summed E-state index contributed by atoms with van der Waals surface area (Å²) in [4.78, 5) is 29.4. The van der Waals surface area contributed by atoms with Crippen molar-refractivity contribution in [3.05, 3.63) is 18.1 Å². The Bertz CT molecular complexity index is 422. The first-order chi connectivity index (χ1) is 7.99. The summed E-state index contributed by atoms with van der Waals surface area (Å²) in [6.45, 7) is 2.85. The molecule has 0 aliphatic rings. The van der Waals surface area contributed by atoms with Gasteiger partial charge in [-0.25, -0.2) is 9.97 Å². The average molecular weight is 239 g/mol. The van der Waals surface area contributed by atoms with Crippen molar-refractivity contribution in [2.45, 2.75) is 19.9 Å². The molecule has 0 bridgehead atoms. The highest BCUT2D eigenvalue weighted by atomic mass is 16.5. The maximum absolute atomic E-state index is 11.3. The number of hydrogen-bond donors (Lipinski definition) is 2. The van der Waals surface area contributed by atoms with Gasteiger partial charge in [0.15, 0.2) is 6.61 Å². The third-order valence-electron chi connectivity index (χ3n) is 1.88. The van der Waals surface area contributed by atoms with Crippen LogP contribution in [0.15, 0.2) is 12.4 Å². The van der Waals surface area contributed by atoms with Gasteiger partial charge in [-0.05, 0) is 13.8 Å². The van der Waals surface area contributed by atoms with Crippen molar-refractivity contribution >= 4 is 11.9 Å². The van der Waals surface area contributed by atoms with Crippen molar-refractivity contribution in [3.63, 3.8) is 0 Å². The number of carbonyl (C=O) groups excluding carboxylic acids is 1. The number of aromatic nitrogens is 2.